The van der Waals surface area contributed by atoms with Gasteiger partial charge in [0.25, 0.3) is 0 Å². The van der Waals surface area contributed by atoms with Gasteiger partial charge in [-0.25, -0.2) is 0 Å². The Labute approximate surface area is 334 Å². The zero-order valence-electron chi connectivity index (χ0n) is 31.5. The van der Waals surface area contributed by atoms with Gasteiger partial charge in [-0.05, 0) is 114 Å². The van der Waals surface area contributed by atoms with Crippen molar-refractivity contribution in [3.05, 3.63) is 237 Å². The molecule has 10 aromatic carbocycles. The summed E-state index contributed by atoms with van der Waals surface area (Å²) in [6, 6.07) is 85.7. The Morgan fingerprint density at radius 2 is 0.596 bits per heavy atom. The third-order valence-corrected chi connectivity index (χ3v) is 11.1. The summed E-state index contributed by atoms with van der Waals surface area (Å²) in [5.41, 5.74) is 15.3. The van der Waals surface area contributed by atoms with E-state index in [0.29, 0.717) is 0 Å². The standard InChI is InChI=1S/C56H39N/c1-6-18-40(19-7-1)41-30-32-46(33-31-41)57(47-34-36-49(42-20-8-2-9-21-42)53(38-47)43-22-10-3-11-23-43)48-35-37-51-50-28-16-17-29-52(50)55(44-24-12-4-13-25-44)56(54(51)39-48)45-26-14-5-15-27-45/h1-39H. The van der Waals surface area contributed by atoms with Gasteiger partial charge in [-0.1, -0.05) is 200 Å². The highest BCUT2D eigenvalue weighted by Gasteiger charge is 2.21. The van der Waals surface area contributed by atoms with Gasteiger partial charge in [0.05, 0.1) is 0 Å². The van der Waals surface area contributed by atoms with Gasteiger partial charge in [-0.2, -0.15) is 0 Å². The van der Waals surface area contributed by atoms with E-state index in [2.05, 4.69) is 241 Å². The second-order valence-corrected chi connectivity index (χ2v) is 14.5. The molecule has 0 aliphatic heterocycles. The quantitative estimate of drug-likeness (QED) is 0.141. The maximum atomic E-state index is 2.42. The van der Waals surface area contributed by atoms with Crippen LogP contribution in [-0.2, 0) is 0 Å². The maximum Gasteiger partial charge on any atom is 0.0468 e. The van der Waals surface area contributed by atoms with Crippen LogP contribution in [0.3, 0.4) is 0 Å². The van der Waals surface area contributed by atoms with E-state index in [-0.39, 0.29) is 0 Å². The number of rotatable bonds is 8. The van der Waals surface area contributed by atoms with Crippen LogP contribution in [0.5, 0.6) is 0 Å². The van der Waals surface area contributed by atoms with Crippen LogP contribution in [0.2, 0.25) is 0 Å². The fourth-order valence-electron chi connectivity index (χ4n) is 8.41. The summed E-state index contributed by atoms with van der Waals surface area (Å²) in [6.45, 7) is 0. The zero-order chi connectivity index (χ0) is 38.0. The van der Waals surface area contributed by atoms with Crippen molar-refractivity contribution in [3.63, 3.8) is 0 Å². The van der Waals surface area contributed by atoms with Gasteiger partial charge in [-0.15, -0.1) is 0 Å². The van der Waals surface area contributed by atoms with Crippen molar-refractivity contribution < 1.29 is 0 Å². The molecule has 0 atom stereocenters. The van der Waals surface area contributed by atoms with E-state index >= 15 is 0 Å². The number of anilines is 3. The zero-order valence-corrected chi connectivity index (χ0v) is 31.5. The summed E-state index contributed by atoms with van der Waals surface area (Å²) < 4.78 is 0. The van der Waals surface area contributed by atoms with Crippen LogP contribution in [0.1, 0.15) is 0 Å². The normalized spacial score (nSPS) is 11.2. The molecule has 10 aromatic rings. The van der Waals surface area contributed by atoms with Crippen molar-refractivity contribution in [2.24, 2.45) is 0 Å². The molecule has 57 heavy (non-hydrogen) atoms. The van der Waals surface area contributed by atoms with Crippen LogP contribution in [-0.4, -0.2) is 0 Å². The molecular formula is C56H39N. The molecule has 0 spiro atoms. The average molecular weight is 726 g/mol. The topological polar surface area (TPSA) is 3.24 Å². The third-order valence-electron chi connectivity index (χ3n) is 11.1. The third kappa shape index (κ3) is 6.46. The molecule has 0 aliphatic rings. The smallest absolute Gasteiger partial charge is 0.0468 e. The minimum absolute atomic E-state index is 1.09. The maximum absolute atomic E-state index is 2.42. The lowest BCUT2D eigenvalue weighted by Gasteiger charge is -2.28. The Hall–Kier alpha value is -7.48. The second-order valence-electron chi connectivity index (χ2n) is 14.5. The SMILES string of the molecule is c1ccc(-c2ccc(N(c3ccc(-c4ccccc4)c(-c4ccccc4)c3)c3ccc4c(c3)c(-c3ccccc3)c(-c3ccccc3)c3ccccc34)cc2)cc1. The first-order valence-corrected chi connectivity index (χ1v) is 19.6. The molecule has 0 aliphatic carbocycles. The number of hydrogen-bond acceptors (Lipinski definition) is 1. The van der Waals surface area contributed by atoms with E-state index in [9.17, 15) is 0 Å². The summed E-state index contributed by atoms with van der Waals surface area (Å²) in [5, 5.41) is 4.94. The summed E-state index contributed by atoms with van der Waals surface area (Å²) in [7, 11) is 0. The first kappa shape index (κ1) is 34.0. The van der Waals surface area contributed by atoms with Gasteiger partial charge in [0, 0.05) is 17.1 Å². The van der Waals surface area contributed by atoms with Gasteiger partial charge in [0.2, 0.25) is 0 Å². The van der Waals surface area contributed by atoms with Crippen LogP contribution in [0.25, 0.3) is 77.2 Å². The van der Waals surface area contributed by atoms with Crippen LogP contribution < -0.4 is 4.90 Å². The fourth-order valence-corrected chi connectivity index (χ4v) is 8.41. The largest absolute Gasteiger partial charge is 0.310 e. The van der Waals surface area contributed by atoms with E-state index in [1.54, 1.807) is 0 Å². The number of nitrogens with zero attached hydrogens (tertiary/aromatic N) is 1. The molecule has 0 fully saturated rings. The molecule has 0 saturated heterocycles. The molecule has 1 nitrogen and oxygen atoms in total. The lowest BCUT2D eigenvalue weighted by atomic mass is 9.85. The summed E-state index contributed by atoms with van der Waals surface area (Å²) >= 11 is 0. The van der Waals surface area contributed by atoms with Crippen molar-refractivity contribution in [1.29, 1.82) is 0 Å². The van der Waals surface area contributed by atoms with Gasteiger partial charge >= 0.3 is 0 Å². The molecule has 0 N–H and O–H groups in total. The lowest BCUT2D eigenvalue weighted by Crippen LogP contribution is -2.10. The number of hydrogen-bond donors (Lipinski definition) is 0. The monoisotopic (exact) mass is 725 g/mol. The molecule has 0 amide bonds. The molecule has 0 radical (unpaired) electrons. The molecule has 0 aromatic heterocycles. The highest BCUT2D eigenvalue weighted by molar-refractivity contribution is 6.22. The van der Waals surface area contributed by atoms with E-state index < -0.39 is 0 Å². The van der Waals surface area contributed by atoms with Gasteiger partial charge in [0.1, 0.15) is 0 Å². The van der Waals surface area contributed by atoms with Crippen molar-refractivity contribution in [1.82, 2.24) is 0 Å². The molecule has 1 heteroatoms. The molecule has 0 heterocycles. The first-order chi connectivity index (χ1) is 28.3. The summed E-state index contributed by atoms with van der Waals surface area (Å²) in [6.07, 6.45) is 0. The Morgan fingerprint density at radius 1 is 0.211 bits per heavy atom. The van der Waals surface area contributed by atoms with Crippen molar-refractivity contribution in [3.8, 4) is 55.6 Å². The van der Waals surface area contributed by atoms with E-state index in [1.807, 2.05) is 0 Å². The Bertz CT molecular complexity index is 2960. The lowest BCUT2D eigenvalue weighted by molar-refractivity contribution is 1.29. The minimum Gasteiger partial charge on any atom is -0.310 e. The molecule has 0 unspecified atom stereocenters. The van der Waals surface area contributed by atoms with Crippen LogP contribution in [0.15, 0.2) is 237 Å². The average Bonchev–Trinajstić information content (AvgIpc) is 3.30. The minimum atomic E-state index is 1.09. The van der Waals surface area contributed by atoms with Gasteiger partial charge in [0.15, 0.2) is 0 Å². The highest BCUT2D eigenvalue weighted by Crippen LogP contribution is 2.47. The number of benzene rings is 10. The van der Waals surface area contributed by atoms with Crippen molar-refractivity contribution in [2.75, 3.05) is 4.90 Å². The summed E-state index contributed by atoms with van der Waals surface area (Å²) in [5.74, 6) is 0. The van der Waals surface area contributed by atoms with E-state index in [0.717, 1.165) is 17.1 Å². The molecule has 10 rings (SSSR count). The molecule has 268 valence electrons. The Morgan fingerprint density at radius 3 is 1.18 bits per heavy atom. The fraction of sp³-hybridized carbons (Fsp3) is 0. The summed E-state index contributed by atoms with van der Waals surface area (Å²) in [4.78, 5) is 2.42. The van der Waals surface area contributed by atoms with Crippen molar-refractivity contribution >= 4 is 38.6 Å². The molecule has 0 saturated carbocycles. The Balaban J connectivity index is 1.25. The molecule has 0 bridgehead atoms. The predicted octanol–water partition coefficient (Wildman–Crippen LogP) is 15.8. The number of fused-ring (bicyclic) bond motifs is 3. The van der Waals surface area contributed by atoms with Crippen molar-refractivity contribution in [2.45, 2.75) is 0 Å². The highest BCUT2D eigenvalue weighted by atomic mass is 15.1. The van der Waals surface area contributed by atoms with Gasteiger partial charge < -0.3 is 4.90 Å². The van der Waals surface area contributed by atoms with E-state index in [4.69, 9.17) is 0 Å². The van der Waals surface area contributed by atoms with Gasteiger partial charge in [-0.3, -0.25) is 0 Å². The van der Waals surface area contributed by atoms with E-state index in [1.165, 1.54) is 77.2 Å². The second kappa shape index (κ2) is 15.0. The predicted molar refractivity (Wildman–Crippen MR) is 243 cm³/mol. The van der Waals surface area contributed by atoms with Crippen LogP contribution in [0.4, 0.5) is 17.1 Å². The van der Waals surface area contributed by atoms with Crippen LogP contribution in [0, 0.1) is 0 Å². The Kier molecular flexibility index (Phi) is 8.95. The molecular weight excluding hydrogens is 687 g/mol. The van der Waals surface area contributed by atoms with Crippen LogP contribution >= 0.6 is 0 Å². The first-order valence-electron chi connectivity index (χ1n) is 19.6.